The number of H-pyrrole nitrogens is 1. The molecule has 14 heavy (non-hydrogen) atoms. The van der Waals surface area contributed by atoms with Crippen LogP contribution < -0.4 is 10.5 Å². The number of methoxy groups -OCH3 is 1. The highest BCUT2D eigenvalue weighted by Crippen LogP contribution is 2.31. The average Bonchev–Trinajstić information content (AvgIpc) is 2.57. The normalized spacial score (nSPS) is 20.4. The number of imidazole rings is 1. The molecule has 0 radical (unpaired) electrons. The smallest absolute Gasteiger partial charge is 0.295 e. The second-order valence-corrected chi connectivity index (χ2v) is 3.88. The first kappa shape index (κ1) is 9.71. The molecule has 0 bridgehead atoms. The second kappa shape index (κ2) is 3.39. The van der Waals surface area contributed by atoms with Gasteiger partial charge in [-0.3, -0.25) is 4.98 Å². The van der Waals surface area contributed by atoms with Gasteiger partial charge in [0.25, 0.3) is 6.01 Å². The number of hydrogen-bond acceptors (Lipinski definition) is 5. The van der Waals surface area contributed by atoms with Crippen LogP contribution in [-0.4, -0.2) is 32.9 Å². The first-order valence-electron chi connectivity index (χ1n) is 4.00. The van der Waals surface area contributed by atoms with Gasteiger partial charge in [0.1, 0.15) is 11.9 Å². The topological polar surface area (TPSA) is 79.5 Å². The van der Waals surface area contributed by atoms with E-state index in [4.69, 9.17) is 10.5 Å². The summed E-state index contributed by atoms with van der Waals surface area (Å²) in [5.74, 6) is 0.678. The van der Waals surface area contributed by atoms with Crippen LogP contribution in [0.25, 0.3) is 0 Å². The maximum atomic E-state index is 5.95. The van der Waals surface area contributed by atoms with Gasteiger partial charge in [-0.25, -0.2) is 4.99 Å². The molecule has 2 rings (SSSR count). The third-order valence-electron chi connectivity index (χ3n) is 2.08. The Kier molecular flexibility index (Phi) is 2.35. The summed E-state index contributed by atoms with van der Waals surface area (Å²) in [5, 5.41) is 0. The van der Waals surface area contributed by atoms with Crippen LogP contribution in [0.3, 0.4) is 0 Å². The Bertz CT molecular complexity index is 387. The van der Waals surface area contributed by atoms with Gasteiger partial charge in [0.15, 0.2) is 9.66 Å². The van der Waals surface area contributed by atoms with Crippen molar-refractivity contribution in [1.82, 2.24) is 14.9 Å². The van der Waals surface area contributed by atoms with Gasteiger partial charge in [-0.2, -0.15) is 4.98 Å². The highest BCUT2D eigenvalue weighted by Gasteiger charge is 2.26. The number of aromatic amines is 1. The largest absolute Gasteiger partial charge is 0.468 e. The van der Waals surface area contributed by atoms with Crippen LogP contribution in [0.2, 0.25) is 0 Å². The number of hydrogen-bond donors (Lipinski definition) is 2. The number of fused-ring (bicyclic) bond motifs is 1. The van der Waals surface area contributed by atoms with Crippen LogP contribution >= 0.6 is 22.6 Å². The Morgan fingerprint density at radius 1 is 1.64 bits per heavy atom. The van der Waals surface area contributed by atoms with Gasteiger partial charge in [-0.15, -0.1) is 0 Å². The lowest BCUT2D eigenvalue weighted by molar-refractivity contribution is 0.368. The van der Waals surface area contributed by atoms with Crippen molar-refractivity contribution in [3.05, 3.63) is 5.69 Å². The number of nitrogens with one attached hydrogen (secondary N) is 1. The number of nitrogens with zero attached hydrogens (tertiary/aromatic N) is 3. The zero-order chi connectivity index (χ0) is 10.3. The molecule has 0 fully saturated rings. The van der Waals surface area contributed by atoms with Crippen LogP contribution in [0.15, 0.2) is 4.99 Å². The Labute approximate surface area is 94.7 Å². The second-order valence-electron chi connectivity index (χ2n) is 2.92. The number of halogens is 1. The van der Waals surface area contributed by atoms with Gasteiger partial charge >= 0.3 is 0 Å². The van der Waals surface area contributed by atoms with Crippen molar-refractivity contribution in [2.45, 2.75) is 6.17 Å². The number of amidine groups is 1. The van der Waals surface area contributed by atoms with Crippen molar-refractivity contribution in [2.75, 3.05) is 14.2 Å². The van der Waals surface area contributed by atoms with Crippen molar-refractivity contribution in [1.29, 1.82) is 0 Å². The Hall–Kier alpha value is -0.830. The summed E-state index contributed by atoms with van der Waals surface area (Å²) in [6.07, 6.45) is -0.269. The predicted octanol–water partition coefficient (Wildman–Crippen LogP) is 0.744. The number of nitrogens with two attached hydrogens (primary N) is 1. The highest BCUT2D eigenvalue weighted by molar-refractivity contribution is 14.1. The summed E-state index contributed by atoms with van der Waals surface area (Å²) in [6.45, 7) is 0. The average molecular weight is 307 g/mol. The molecule has 0 saturated heterocycles. The molecule has 1 unspecified atom stereocenters. The Balaban J connectivity index is 2.49. The third kappa shape index (κ3) is 1.36. The summed E-state index contributed by atoms with van der Waals surface area (Å²) in [5.41, 5.74) is 6.66. The molecule has 1 aromatic heterocycles. The molecule has 0 aliphatic carbocycles. The quantitative estimate of drug-likeness (QED) is 0.592. The molecular formula is C7H10IN5O. The zero-order valence-electron chi connectivity index (χ0n) is 7.78. The fourth-order valence-electron chi connectivity index (χ4n) is 1.21. The minimum atomic E-state index is -0.269. The van der Waals surface area contributed by atoms with Gasteiger partial charge in [-0.1, -0.05) is 0 Å². The molecule has 76 valence electrons. The van der Waals surface area contributed by atoms with E-state index in [0.717, 1.165) is 3.84 Å². The van der Waals surface area contributed by atoms with E-state index in [9.17, 15) is 0 Å². The molecule has 2 heterocycles. The third-order valence-corrected chi connectivity index (χ3v) is 3.08. The first-order valence-corrected chi connectivity index (χ1v) is 5.08. The molecule has 0 aromatic carbocycles. The minimum Gasteiger partial charge on any atom is -0.468 e. The summed E-state index contributed by atoms with van der Waals surface area (Å²) >= 11 is 2.12. The van der Waals surface area contributed by atoms with Gasteiger partial charge in [0.05, 0.1) is 7.11 Å². The zero-order valence-corrected chi connectivity index (χ0v) is 9.94. The lowest BCUT2D eigenvalue weighted by atomic mass is 10.3. The number of ether oxygens (including phenoxy) is 1. The summed E-state index contributed by atoms with van der Waals surface area (Å²) in [4.78, 5) is 13.3. The Morgan fingerprint density at radius 3 is 3.00 bits per heavy atom. The minimum absolute atomic E-state index is 0.269. The first-order chi connectivity index (χ1) is 6.63. The van der Waals surface area contributed by atoms with Gasteiger partial charge < -0.3 is 15.4 Å². The number of aromatic nitrogens is 2. The molecule has 3 N–H and O–H groups in total. The molecule has 6 nitrogen and oxygen atoms in total. The van der Waals surface area contributed by atoms with Crippen LogP contribution in [0.5, 0.6) is 6.01 Å². The van der Waals surface area contributed by atoms with Crippen LogP contribution in [0, 0.1) is 0 Å². The summed E-state index contributed by atoms with van der Waals surface area (Å²) < 4.78 is 5.80. The van der Waals surface area contributed by atoms with E-state index in [1.54, 1.807) is 7.11 Å². The van der Waals surface area contributed by atoms with E-state index in [1.807, 2.05) is 11.9 Å². The molecule has 0 amide bonds. The fourth-order valence-corrected chi connectivity index (χ4v) is 1.75. The molecule has 1 aromatic rings. The molecule has 0 saturated carbocycles. The summed E-state index contributed by atoms with van der Waals surface area (Å²) in [7, 11) is 3.42. The van der Waals surface area contributed by atoms with Gasteiger partial charge in [-0.05, 0) is 22.6 Å². The maximum absolute atomic E-state index is 5.95. The number of aliphatic imine (C=N–C) groups is 1. The SMILES string of the molecule is COc1nc2c([nH]1)N=C(I)N(C)C2N. The molecular weight excluding hydrogens is 297 g/mol. The van der Waals surface area contributed by atoms with Crippen LogP contribution in [-0.2, 0) is 0 Å². The number of rotatable bonds is 1. The summed E-state index contributed by atoms with van der Waals surface area (Å²) in [6, 6.07) is 0.439. The molecule has 1 aliphatic heterocycles. The van der Waals surface area contributed by atoms with Crippen molar-refractivity contribution in [3.63, 3.8) is 0 Å². The van der Waals surface area contributed by atoms with Gasteiger partial charge in [0.2, 0.25) is 0 Å². The van der Waals surface area contributed by atoms with E-state index in [2.05, 4.69) is 37.6 Å². The van der Waals surface area contributed by atoms with Crippen molar-refractivity contribution in [2.24, 2.45) is 10.7 Å². The van der Waals surface area contributed by atoms with E-state index >= 15 is 0 Å². The fraction of sp³-hybridized carbons (Fsp3) is 0.429. The maximum Gasteiger partial charge on any atom is 0.295 e. The van der Waals surface area contributed by atoms with Crippen molar-refractivity contribution < 1.29 is 4.74 Å². The van der Waals surface area contributed by atoms with Crippen molar-refractivity contribution in [3.8, 4) is 6.01 Å². The van der Waals surface area contributed by atoms with E-state index in [-0.39, 0.29) is 6.17 Å². The highest BCUT2D eigenvalue weighted by atomic mass is 127. The Morgan fingerprint density at radius 2 is 2.36 bits per heavy atom. The lowest BCUT2D eigenvalue weighted by Gasteiger charge is -2.26. The van der Waals surface area contributed by atoms with Crippen LogP contribution in [0.4, 0.5) is 5.82 Å². The van der Waals surface area contributed by atoms with E-state index in [1.165, 1.54) is 0 Å². The monoisotopic (exact) mass is 307 g/mol. The lowest BCUT2D eigenvalue weighted by Crippen LogP contribution is -2.35. The molecule has 1 atom stereocenters. The van der Waals surface area contributed by atoms with E-state index in [0.29, 0.717) is 17.5 Å². The van der Waals surface area contributed by atoms with Gasteiger partial charge in [0, 0.05) is 7.05 Å². The standard InChI is InChI=1S/C7H10IN5O/c1-13-4(9)3-5(11-6(13)8)12-7(10-3)14-2/h4H,9H2,1-2H3,(H,10,12). The van der Waals surface area contributed by atoms with Crippen molar-refractivity contribution >= 4 is 32.3 Å². The van der Waals surface area contributed by atoms with E-state index < -0.39 is 0 Å². The van der Waals surface area contributed by atoms with Crippen LogP contribution in [0.1, 0.15) is 11.9 Å². The molecule has 0 spiro atoms. The predicted molar refractivity (Wildman–Crippen MR) is 60.9 cm³/mol. The molecule has 1 aliphatic rings. The molecule has 7 heteroatoms.